The molecule has 5 nitrogen and oxygen atoms in total. The first-order valence-electron chi connectivity index (χ1n) is 6.45. The van der Waals surface area contributed by atoms with Crippen LogP contribution in [0.3, 0.4) is 0 Å². The van der Waals surface area contributed by atoms with Gasteiger partial charge in [0, 0.05) is 25.2 Å². The zero-order valence-electron chi connectivity index (χ0n) is 10.8. The van der Waals surface area contributed by atoms with E-state index in [9.17, 15) is 9.59 Å². The number of fused-ring (bicyclic) bond motifs is 1. The van der Waals surface area contributed by atoms with E-state index in [4.69, 9.17) is 4.74 Å². The zero-order chi connectivity index (χ0) is 13.9. The molecule has 102 valence electrons. The van der Waals surface area contributed by atoms with E-state index in [1.165, 1.54) is 6.07 Å². The van der Waals surface area contributed by atoms with Crippen LogP contribution in [0, 0.1) is 0 Å². The molecule has 2 aromatic rings. The van der Waals surface area contributed by atoms with Crippen LogP contribution in [0.25, 0.3) is 0 Å². The minimum atomic E-state index is -0.274. The van der Waals surface area contributed by atoms with Crippen molar-refractivity contribution in [3.05, 3.63) is 64.1 Å². The standard InChI is InChI=1S/C15H14N2O3/c18-12-6-8-16-17-9-7-13(19)15(14(12)17)20-10-11-4-2-1-3-5-11/h1-5,7,9,16H,6,8,10H2. The molecule has 3 rings (SSSR count). The number of aromatic nitrogens is 1. The number of nitrogens with one attached hydrogen (secondary N) is 1. The Morgan fingerprint density at radius 2 is 1.95 bits per heavy atom. The van der Waals surface area contributed by atoms with Crippen molar-refractivity contribution >= 4 is 5.78 Å². The Bertz CT molecular complexity index is 692. The number of pyridine rings is 1. The first kappa shape index (κ1) is 12.5. The van der Waals surface area contributed by atoms with Crippen LogP contribution in [0.1, 0.15) is 22.5 Å². The smallest absolute Gasteiger partial charge is 0.224 e. The summed E-state index contributed by atoms with van der Waals surface area (Å²) in [5.41, 5.74) is 4.02. The largest absolute Gasteiger partial charge is 0.483 e. The monoisotopic (exact) mass is 270 g/mol. The van der Waals surface area contributed by atoms with E-state index in [0.29, 0.717) is 18.7 Å². The van der Waals surface area contributed by atoms with Crippen LogP contribution in [-0.2, 0) is 6.61 Å². The number of carbonyl (C=O) groups excluding carboxylic acids is 1. The van der Waals surface area contributed by atoms with E-state index in [-0.39, 0.29) is 23.6 Å². The van der Waals surface area contributed by atoms with Gasteiger partial charge in [0.1, 0.15) is 6.61 Å². The molecule has 0 amide bonds. The fraction of sp³-hybridized carbons (Fsp3) is 0.200. The van der Waals surface area contributed by atoms with E-state index in [1.54, 1.807) is 10.9 Å². The molecule has 0 saturated carbocycles. The van der Waals surface area contributed by atoms with Crippen molar-refractivity contribution in [1.82, 2.24) is 4.68 Å². The summed E-state index contributed by atoms with van der Waals surface area (Å²) in [5.74, 6) is 0.0399. The number of ketones is 1. The van der Waals surface area contributed by atoms with E-state index in [2.05, 4.69) is 5.43 Å². The minimum Gasteiger partial charge on any atom is -0.483 e. The van der Waals surface area contributed by atoms with Gasteiger partial charge in [0.25, 0.3) is 0 Å². The summed E-state index contributed by atoms with van der Waals surface area (Å²) < 4.78 is 7.16. The zero-order valence-corrected chi connectivity index (χ0v) is 10.8. The van der Waals surface area contributed by atoms with Gasteiger partial charge in [-0.1, -0.05) is 30.3 Å². The predicted molar refractivity (Wildman–Crippen MR) is 74.7 cm³/mol. The molecule has 1 aliphatic heterocycles. The van der Waals surface area contributed by atoms with Gasteiger partial charge in [-0.2, -0.15) is 0 Å². The van der Waals surface area contributed by atoms with Crippen LogP contribution in [0.15, 0.2) is 47.4 Å². The van der Waals surface area contributed by atoms with Gasteiger partial charge in [-0.25, -0.2) is 0 Å². The van der Waals surface area contributed by atoms with Crippen molar-refractivity contribution in [1.29, 1.82) is 0 Å². The summed E-state index contributed by atoms with van der Waals surface area (Å²) in [6.45, 7) is 0.827. The maximum absolute atomic E-state index is 12.0. The Kier molecular flexibility index (Phi) is 3.25. The third-order valence-corrected chi connectivity index (χ3v) is 3.18. The molecule has 0 spiro atoms. The number of nitrogens with zero attached hydrogens (tertiary/aromatic N) is 1. The molecule has 0 bridgehead atoms. The number of benzene rings is 1. The number of carbonyl (C=O) groups is 1. The lowest BCUT2D eigenvalue weighted by molar-refractivity contribution is 0.0962. The third-order valence-electron chi connectivity index (χ3n) is 3.18. The highest BCUT2D eigenvalue weighted by Gasteiger charge is 2.23. The molecular weight excluding hydrogens is 256 g/mol. The van der Waals surface area contributed by atoms with E-state index >= 15 is 0 Å². The van der Waals surface area contributed by atoms with Crippen molar-refractivity contribution < 1.29 is 9.53 Å². The van der Waals surface area contributed by atoms with Crippen LogP contribution < -0.4 is 15.6 Å². The highest BCUT2D eigenvalue weighted by Crippen LogP contribution is 2.18. The Labute approximate surface area is 115 Å². The quantitative estimate of drug-likeness (QED) is 0.919. The molecule has 0 aliphatic carbocycles. The molecular formula is C15H14N2O3. The topological polar surface area (TPSA) is 60.3 Å². The molecule has 1 N–H and O–H groups in total. The van der Waals surface area contributed by atoms with Gasteiger partial charge < -0.3 is 10.2 Å². The maximum atomic E-state index is 12.0. The lowest BCUT2D eigenvalue weighted by Crippen LogP contribution is -2.32. The number of Topliss-reactive ketones (excluding diaryl/α,β-unsaturated/α-hetero) is 1. The fourth-order valence-electron chi connectivity index (χ4n) is 2.19. The second kappa shape index (κ2) is 5.21. The molecule has 20 heavy (non-hydrogen) atoms. The van der Waals surface area contributed by atoms with Gasteiger partial charge in [-0.15, -0.1) is 0 Å². The molecule has 1 aliphatic rings. The second-order valence-corrected chi connectivity index (χ2v) is 4.58. The second-order valence-electron chi connectivity index (χ2n) is 4.58. The summed E-state index contributed by atoms with van der Waals surface area (Å²) >= 11 is 0. The Morgan fingerprint density at radius 3 is 2.75 bits per heavy atom. The van der Waals surface area contributed by atoms with Gasteiger partial charge >= 0.3 is 0 Å². The highest BCUT2D eigenvalue weighted by molar-refractivity contribution is 5.98. The normalized spacial score (nSPS) is 13.5. The minimum absolute atomic E-state index is 0.0792. The summed E-state index contributed by atoms with van der Waals surface area (Å²) in [7, 11) is 0. The maximum Gasteiger partial charge on any atom is 0.224 e. The van der Waals surface area contributed by atoms with Crippen LogP contribution in [0.5, 0.6) is 5.75 Å². The molecule has 0 unspecified atom stereocenters. The summed E-state index contributed by atoms with van der Waals surface area (Å²) in [4.78, 5) is 23.9. The summed E-state index contributed by atoms with van der Waals surface area (Å²) in [5, 5.41) is 0. The molecule has 0 fully saturated rings. The number of hydrogen-bond donors (Lipinski definition) is 1. The summed E-state index contributed by atoms with van der Waals surface area (Å²) in [6.07, 6.45) is 1.93. The Balaban J connectivity index is 1.93. The highest BCUT2D eigenvalue weighted by atomic mass is 16.5. The van der Waals surface area contributed by atoms with Crippen LogP contribution in [0.4, 0.5) is 0 Å². The molecule has 2 heterocycles. The van der Waals surface area contributed by atoms with E-state index < -0.39 is 0 Å². The van der Waals surface area contributed by atoms with Crippen LogP contribution in [-0.4, -0.2) is 17.0 Å². The number of ether oxygens (including phenoxy) is 1. The van der Waals surface area contributed by atoms with Crippen LogP contribution >= 0.6 is 0 Å². The average molecular weight is 270 g/mol. The first-order valence-corrected chi connectivity index (χ1v) is 6.45. The molecule has 1 aromatic heterocycles. The molecule has 1 aromatic carbocycles. The Hall–Kier alpha value is -2.56. The predicted octanol–water partition coefficient (Wildman–Crippen LogP) is 1.56. The van der Waals surface area contributed by atoms with Gasteiger partial charge in [-0.05, 0) is 5.56 Å². The van der Waals surface area contributed by atoms with Crippen molar-refractivity contribution in [3.8, 4) is 5.75 Å². The first-order chi connectivity index (χ1) is 9.75. The van der Waals surface area contributed by atoms with Crippen molar-refractivity contribution in [2.75, 3.05) is 12.0 Å². The van der Waals surface area contributed by atoms with Gasteiger partial charge in [-0.3, -0.25) is 14.3 Å². The lowest BCUT2D eigenvalue weighted by Gasteiger charge is -2.21. The Morgan fingerprint density at radius 1 is 1.15 bits per heavy atom. The summed E-state index contributed by atoms with van der Waals surface area (Å²) in [6, 6.07) is 10.9. The van der Waals surface area contributed by atoms with E-state index in [1.807, 2.05) is 30.3 Å². The third kappa shape index (κ3) is 2.30. The molecule has 0 saturated heterocycles. The van der Waals surface area contributed by atoms with Crippen molar-refractivity contribution in [3.63, 3.8) is 0 Å². The fourth-order valence-corrected chi connectivity index (χ4v) is 2.19. The van der Waals surface area contributed by atoms with Crippen LogP contribution in [0.2, 0.25) is 0 Å². The number of hydrogen-bond acceptors (Lipinski definition) is 4. The van der Waals surface area contributed by atoms with E-state index in [0.717, 1.165) is 5.56 Å². The van der Waals surface area contributed by atoms with Gasteiger partial charge in [0.2, 0.25) is 5.43 Å². The molecule has 0 radical (unpaired) electrons. The number of rotatable bonds is 3. The van der Waals surface area contributed by atoms with Crippen molar-refractivity contribution in [2.24, 2.45) is 0 Å². The van der Waals surface area contributed by atoms with Crippen molar-refractivity contribution in [2.45, 2.75) is 13.0 Å². The van der Waals surface area contributed by atoms with Gasteiger partial charge in [0.15, 0.2) is 17.2 Å². The molecule has 0 atom stereocenters. The lowest BCUT2D eigenvalue weighted by atomic mass is 10.1. The molecule has 5 heteroatoms. The SMILES string of the molecule is O=C1CCNn2ccc(=O)c(OCc3ccccc3)c21. The van der Waals surface area contributed by atoms with Gasteiger partial charge in [0.05, 0.1) is 0 Å². The average Bonchev–Trinajstić information content (AvgIpc) is 2.48.